The molecule has 0 heterocycles. The molecule has 162 valence electrons. The first-order valence-electron chi connectivity index (χ1n) is 10.3. The molecule has 2 aromatic rings. The van der Waals surface area contributed by atoms with E-state index in [0.29, 0.717) is 13.0 Å². The van der Waals surface area contributed by atoms with Gasteiger partial charge >= 0.3 is 0 Å². The van der Waals surface area contributed by atoms with Gasteiger partial charge in [-0.05, 0) is 61.0 Å². The summed E-state index contributed by atoms with van der Waals surface area (Å²) in [6.07, 6.45) is 13.0. The lowest BCUT2D eigenvalue weighted by atomic mass is 10.1. The van der Waals surface area contributed by atoms with Crippen LogP contribution in [-0.2, 0) is 0 Å². The fourth-order valence-corrected chi connectivity index (χ4v) is 2.77. The highest BCUT2D eigenvalue weighted by atomic mass is 14.9. The fourth-order valence-electron chi connectivity index (χ4n) is 2.77. The second-order valence-electron chi connectivity index (χ2n) is 6.71. The van der Waals surface area contributed by atoms with E-state index in [-0.39, 0.29) is 0 Å². The quantitative estimate of drug-likeness (QED) is 0.261. The molecule has 0 atom stereocenters. The van der Waals surface area contributed by atoms with Crippen LogP contribution in [0.25, 0.3) is 5.70 Å². The Labute approximate surface area is 190 Å². The van der Waals surface area contributed by atoms with Crippen molar-refractivity contribution in [1.29, 1.82) is 5.26 Å². The van der Waals surface area contributed by atoms with Crippen LogP contribution in [0.3, 0.4) is 0 Å². The summed E-state index contributed by atoms with van der Waals surface area (Å²) in [5.41, 5.74) is 5.56. The summed E-state index contributed by atoms with van der Waals surface area (Å²) in [6.45, 7) is 10.4. The van der Waals surface area contributed by atoms with Gasteiger partial charge in [0.15, 0.2) is 0 Å². The molecule has 0 aromatic heterocycles. The Kier molecular flexibility index (Phi) is 10.4. The Morgan fingerprint density at radius 3 is 2.53 bits per heavy atom. The van der Waals surface area contributed by atoms with Crippen molar-refractivity contribution in [2.75, 3.05) is 22.5 Å². The largest absolute Gasteiger partial charge is 0.382 e. The molecule has 0 fully saturated rings. The number of allylic oxidation sites excluding steroid dienone is 4. The van der Waals surface area contributed by atoms with Crippen molar-refractivity contribution in [3.05, 3.63) is 110 Å². The van der Waals surface area contributed by atoms with Gasteiger partial charge in [0.25, 0.3) is 0 Å². The topological polar surface area (TPSA) is 72.2 Å². The van der Waals surface area contributed by atoms with Crippen molar-refractivity contribution < 1.29 is 0 Å². The van der Waals surface area contributed by atoms with Gasteiger partial charge in [-0.2, -0.15) is 5.26 Å². The SMILES string of the molecule is C=CC=N/C=C\CNc1ccc(C(=C)Nc2cccc(NC(/C=C\C)=C/CC#N)c2)cc1. The molecule has 0 radical (unpaired) electrons. The smallest absolute Gasteiger partial charge is 0.0664 e. The molecule has 0 saturated heterocycles. The Balaban J connectivity index is 1.97. The zero-order valence-corrected chi connectivity index (χ0v) is 18.4. The molecule has 0 spiro atoms. The van der Waals surface area contributed by atoms with Gasteiger partial charge in [-0.3, -0.25) is 4.99 Å². The standard InChI is InChI=1S/C27H29N5/c1-4-9-25(12-7-17-28)32-27-11-6-10-26(21-27)31-22(3)23-13-15-24(16-14-23)30-20-8-19-29-18-5-2/h4-6,8-16,18-19,21,30-32H,2-3,7,20H2,1H3/b9-4-,19-8-,25-12+,29-18?. The summed E-state index contributed by atoms with van der Waals surface area (Å²) >= 11 is 0. The molecular formula is C27H29N5. The van der Waals surface area contributed by atoms with E-state index in [0.717, 1.165) is 34.0 Å². The van der Waals surface area contributed by atoms with Crippen molar-refractivity contribution in [3.63, 3.8) is 0 Å². The highest BCUT2D eigenvalue weighted by Crippen LogP contribution is 2.22. The Morgan fingerprint density at radius 2 is 1.84 bits per heavy atom. The number of anilines is 3. The van der Waals surface area contributed by atoms with E-state index >= 15 is 0 Å². The van der Waals surface area contributed by atoms with Crippen molar-refractivity contribution >= 4 is 29.0 Å². The lowest BCUT2D eigenvalue weighted by Gasteiger charge is -2.13. The van der Waals surface area contributed by atoms with Gasteiger partial charge in [0.1, 0.15) is 0 Å². The van der Waals surface area contributed by atoms with Crippen molar-refractivity contribution in [2.45, 2.75) is 13.3 Å². The monoisotopic (exact) mass is 423 g/mol. The second-order valence-corrected chi connectivity index (χ2v) is 6.71. The lowest BCUT2D eigenvalue weighted by Crippen LogP contribution is -2.01. The Hall–Kier alpha value is -4.30. The molecular weight excluding hydrogens is 394 g/mol. The molecule has 0 aliphatic heterocycles. The van der Waals surface area contributed by atoms with Crippen LogP contribution in [0.2, 0.25) is 0 Å². The first kappa shape index (κ1) is 24.0. The number of hydrogen-bond donors (Lipinski definition) is 3. The molecule has 5 nitrogen and oxygen atoms in total. The van der Waals surface area contributed by atoms with Crippen molar-refractivity contribution in [2.24, 2.45) is 4.99 Å². The molecule has 0 saturated carbocycles. The maximum atomic E-state index is 8.82. The molecule has 0 bridgehead atoms. The van der Waals surface area contributed by atoms with E-state index < -0.39 is 0 Å². The summed E-state index contributed by atoms with van der Waals surface area (Å²) in [4.78, 5) is 4.04. The number of rotatable bonds is 12. The molecule has 32 heavy (non-hydrogen) atoms. The van der Waals surface area contributed by atoms with Gasteiger partial charge in [-0.15, -0.1) is 0 Å². The summed E-state index contributed by atoms with van der Waals surface area (Å²) in [5, 5.41) is 18.8. The van der Waals surface area contributed by atoms with Crippen molar-refractivity contribution in [3.8, 4) is 6.07 Å². The summed E-state index contributed by atoms with van der Waals surface area (Å²) in [5.74, 6) is 0. The number of nitriles is 1. The minimum absolute atomic E-state index is 0.353. The number of nitrogens with zero attached hydrogens (tertiary/aromatic N) is 2. The summed E-state index contributed by atoms with van der Waals surface area (Å²) in [7, 11) is 0. The molecule has 5 heteroatoms. The van der Waals surface area contributed by atoms with E-state index in [1.165, 1.54) is 0 Å². The third-order valence-electron chi connectivity index (χ3n) is 4.25. The van der Waals surface area contributed by atoms with Crippen LogP contribution in [0.15, 0.2) is 109 Å². The molecule has 2 aromatic carbocycles. The van der Waals surface area contributed by atoms with Gasteiger partial charge in [0, 0.05) is 47.4 Å². The van der Waals surface area contributed by atoms with E-state index in [1.54, 1.807) is 18.5 Å². The zero-order chi connectivity index (χ0) is 23.0. The van der Waals surface area contributed by atoms with Crippen LogP contribution in [0.4, 0.5) is 17.1 Å². The van der Waals surface area contributed by atoms with E-state index in [2.05, 4.69) is 40.2 Å². The van der Waals surface area contributed by atoms with Crippen LogP contribution in [0.5, 0.6) is 0 Å². The minimum Gasteiger partial charge on any atom is -0.382 e. The number of aliphatic imine (C=N–C) groups is 1. The Morgan fingerprint density at radius 1 is 1.09 bits per heavy atom. The van der Waals surface area contributed by atoms with Gasteiger partial charge in [-0.1, -0.05) is 43.5 Å². The fraction of sp³-hybridized carbons (Fsp3) is 0.111. The maximum absolute atomic E-state index is 8.82. The predicted octanol–water partition coefficient (Wildman–Crippen LogP) is 6.74. The van der Waals surface area contributed by atoms with E-state index in [4.69, 9.17) is 5.26 Å². The first-order valence-corrected chi connectivity index (χ1v) is 10.3. The van der Waals surface area contributed by atoms with Crippen LogP contribution in [-0.4, -0.2) is 12.8 Å². The maximum Gasteiger partial charge on any atom is 0.0664 e. The van der Waals surface area contributed by atoms with Gasteiger partial charge in [0.05, 0.1) is 12.5 Å². The molecule has 0 amide bonds. The van der Waals surface area contributed by atoms with Crippen LogP contribution in [0.1, 0.15) is 18.9 Å². The Bertz CT molecular complexity index is 1050. The summed E-state index contributed by atoms with van der Waals surface area (Å²) in [6, 6.07) is 18.2. The third kappa shape index (κ3) is 8.60. The second kappa shape index (κ2) is 13.8. The van der Waals surface area contributed by atoms with Crippen LogP contribution in [0, 0.1) is 11.3 Å². The number of hydrogen-bond acceptors (Lipinski definition) is 5. The molecule has 2 rings (SSSR count). The highest BCUT2D eigenvalue weighted by molar-refractivity contribution is 5.77. The normalized spacial score (nSPS) is 11.6. The highest BCUT2D eigenvalue weighted by Gasteiger charge is 2.02. The minimum atomic E-state index is 0.353. The average Bonchev–Trinajstić information content (AvgIpc) is 2.80. The van der Waals surface area contributed by atoms with E-state index in [1.807, 2.05) is 79.8 Å². The van der Waals surface area contributed by atoms with Gasteiger partial charge in [0.2, 0.25) is 0 Å². The molecule has 0 aliphatic carbocycles. The third-order valence-corrected chi connectivity index (χ3v) is 4.25. The lowest BCUT2D eigenvalue weighted by molar-refractivity contribution is 1.31. The molecule has 0 unspecified atom stereocenters. The average molecular weight is 424 g/mol. The van der Waals surface area contributed by atoms with Gasteiger partial charge in [-0.25, -0.2) is 0 Å². The number of nitrogens with one attached hydrogen (secondary N) is 3. The molecule has 0 aliphatic rings. The van der Waals surface area contributed by atoms with Crippen LogP contribution >= 0.6 is 0 Å². The number of benzene rings is 2. The zero-order valence-electron chi connectivity index (χ0n) is 18.4. The first-order chi connectivity index (χ1) is 15.7. The summed E-state index contributed by atoms with van der Waals surface area (Å²) < 4.78 is 0. The van der Waals surface area contributed by atoms with Crippen LogP contribution < -0.4 is 16.0 Å². The molecule has 3 N–H and O–H groups in total. The van der Waals surface area contributed by atoms with Crippen molar-refractivity contribution in [1.82, 2.24) is 0 Å². The van der Waals surface area contributed by atoms with Gasteiger partial charge < -0.3 is 16.0 Å². The predicted molar refractivity (Wildman–Crippen MR) is 139 cm³/mol. The van der Waals surface area contributed by atoms with E-state index in [9.17, 15) is 0 Å².